The van der Waals surface area contributed by atoms with E-state index in [1.54, 1.807) is 17.9 Å². The van der Waals surface area contributed by atoms with Gasteiger partial charge in [-0.1, -0.05) is 48.2 Å². The molecule has 2 bridgehead atoms. The number of benzene rings is 2. The molecule has 7 nitrogen and oxygen atoms in total. The first-order chi connectivity index (χ1) is 17.3. The third-order valence-electron chi connectivity index (χ3n) is 8.51. The van der Waals surface area contributed by atoms with Crippen LogP contribution in [0.1, 0.15) is 48.8 Å². The van der Waals surface area contributed by atoms with E-state index in [1.807, 2.05) is 35.2 Å². The normalized spacial score (nSPS) is 26.1. The Morgan fingerprint density at radius 1 is 1.08 bits per heavy atom. The zero-order valence-electron chi connectivity index (χ0n) is 19.7. The number of hydrogen-bond acceptors (Lipinski definition) is 4. The van der Waals surface area contributed by atoms with Gasteiger partial charge in [-0.15, -0.1) is 0 Å². The van der Waals surface area contributed by atoms with Crippen LogP contribution in [0.15, 0.2) is 36.4 Å². The van der Waals surface area contributed by atoms with E-state index in [0.717, 1.165) is 31.2 Å². The fourth-order valence-electron chi connectivity index (χ4n) is 6.76. The van der Waals surface area contributed by atoms with Crippen LogP contribution in [0.4, 0.5) is 10.5 Å². The molecule has 3 saturated heterocycles. The molecular weight excluding hydrogens is 499 g/mol. The molecule has 4 amide bonds. The third-order valence-corrected chi connectivity index (χ3v) is 9.25. The first-order valence-electron chi connectivity index (χ1n) is 12.2. The first-order valence-corrected chi connectivity index (χ1v) is 13.0. The molecule has 184 valence electrons. The van der Waals surface area contributed by atoms with Gasteiger partial charge in [0, 0.05) is 11.6 Å². The summed E-state index contributed by atoms with van der Waals surface area (Å²) in [5.74, 6) is -0.299. The van der Waals surface area contributed by atoms with E-state index < -0.39 is 11.5 Å². The van der Waals surface area contributed by atoms with E-state index in [1.165, 1.54) is 11.0 Å². The zero-order valence-corrected chi connectivity index (χ0v) is 21.2. The van der Waals surface area contributed by atoms with Crippen LogP contribution in [0.2, 0.25) is 10.0 Å². The Morgan fingerprint density at radius 3 is 2.44 bits per heavy atom. The molecule has 3 heterocycles. The summed E-state index contributed by atoms with van der Waals surface area (Å²) in [6.45, 7) is 2.12. The average molecular weight is 523 g/mol. The number of anilines is 1. The topological polar surface area (TPSA) is 84.7 Å². The number of rotatable bonds is 3. The van der Waals surface area contributed by atoms with E-state index in [2.05, 4.69) is 0 Å². The van der Waals surface area contributed by atoms with Crippen LogP contribution in [0, 0.1) is 18.3 Å². The molecule has 0 unspecified atom stereocenters. The Morgan fingerprint density at radius 2 is 1.78 bits per heavy atom. The number of amides is 4. The van der Waals surface area contributed by atoms with Crippen LogP contribution in [0.25, 0.3) is 0 Å². The van der Waals surface area contributed by atoms with Crippen molar-refractivity contribution < 1.29 is 14.4 Å². The van der Waals surface area contributed by atoms with Gasteiger partial charge in [0.2, 0.25) is 5.91 Å². The summed E-state index contributed by atoms with van der Waals surface area (Å²) in [6, 6.07) is 11.0. The molecule has 36 heavy (non-hydrogen) atoms. The molecule has 3 atom stereocenters. The SMILES string of the molecule is Cc1c(N2C(=O)[C@@H]3[C@@H]4C[C@@H](CN4C(=O)C4(c5ccc(Cl)cc5)CCCC4)N3C2=O)ccc(C#N)c1Cl. The van der Waals surface area contributed by atoms with Crippen molar-refractivity contribution in [3.63, 3.8) is 0 Å². The Balaban J connectivity index is 1.33. The second kappa shape index (κ2) is 8.22. The monoisotopic (exact) mass is 522 g/mol. The van der Waals surface area contributed by atoms with Gasteiger partial charge in [0.05, 0.1) is 33.8 Å². The third kappa shape index (κ3) is 3.07. The van der Waals surface area contributed by atoms with Gasteiger partial charge in [-0.3, -0.25) is 9.59 Å². The number of carbonyl (C=O) groups excluding carboxylic acids is 3. The van der Waals surface area contributed by atoms with Gasteiger partial charge in [0.25, 0.3) is 5.91 Å². The number of piperazine rings is 1. The smallest absolute Gasteiger partial charge is 0.332 e. The lowest BCUT2D eigenvalue weighted by Crippen LogP contribution is -2.58. The fourth-order valence-corrected chi connectivity index (χ4v) is 7.09. The molecular formula is C27H24Cl2N4O3. The lowest BCUT2D eigenvalue weighted by atomic mass is 9.77. The number of hydrogen-bond donors (Lipinski definition) is 0. The summed E-state index contributed by atoms with van der Waals surface area (Å²) >= 11 is 12.5. The maximum Gasteiger partial charge on any atom is 0.332 e. The number of likely N-dealkylation sites (tertiary alicyclic amines) is 1. The minimum atomic E-state index is -0.710. The summed E-state index contributed by atoms with van der Waals surface area (Å²) in [5.41, 5.74) is 1.52. The number of carbonyl (C=O) groups is 3. The molecule has 3 aliphatic heterocycles. The second-order valence-electron chi connectivity index (χ2n) is 10.2. The second-order valence-corrected chi connectivity index (χ2v) is 11.0. The lowest BCUT2D eigenvalue weighted by molar-refractivity contribution is -0.141. The minimum Gasteiger partial charge on any atom is -0.334 e. The average Bonchev–Trinajstić information content (AvgIpc) is 3.65. The highest BCUT2D eigenvalue weighted by molar-refractivity contribution is 6.33. The summed E-state index contributed by atoms with van der Waals surface area (Å²) in [5, 5.41) is 10.1. The van der Waals surface area contributed by atoms with E-state index in [9.17, 15) is 19.6 Å². The molecule has 1 aliphatic carbocycles. The first kappa shape index (κ1) is 23.3. The van der Waals surface area contributed by atoms with Crippen molar-refractivity contribution in [2.75, 3.05) is 11.4 Å². The number of nitrogens with zero attached hydrogens (tertiary/aromatic N) is 4. The van der Waals surface area contributed by atoms with Gasteiger partial charge < -0.3 is 9.80 Å². The van der Waals surface area contributed by atoms with Crippen molar-refractivity contribution in [3.8, 4) is 6.07 Å². The van der Waals surface area contributed by atoms with Crippen LogP contribution in [-0.2, 0) is 15.0 Å². The number of imide groups is 1. The highest BCUT2D eigenvalue weighted by Gasteiger charge is 2.64. The standard InChI is InChI=1S/C27H24Cl2N4O3/c1-15-20(9-4-16(13-30)22(15)29)33-24(34)23-21-12-19(32(23)26(33)36)14-31(21)25(35)27(10-2-3-11-27)17-5-7-18(28)8-6-17/h4-9,19,21,23H,2-3,10-12,14H2,1H3/t19-,21-,23-/m0/s1. The fraction of sp³-hybridized carbons (Fsp3) is 0.407. The van der Waals surface area contributed by atoms with Gasteiger partial charge in [-0.2, -0.15) is 5.26 Å². The molecule has 6 rings (SSSR count). The molecule has 0 aromatic heterocycles. The van der Waals surface area contributed by atoms with Crippen LogP contribution in [0.5, 0.6) is 0 Å². The number of nitriles is 1. The molecule has 2 aromatic carbocycles. The van der Waals surface area contributed by atoms with E-state index in [4.69, 9.17) is 23.2 Å². The van der Waals surface area contributed by atoms with E-state index >= 15 is 0 Å². The highest BCUT2D eigenvalue weighted by atomic mass is 35.5. The summed E-state index contributed by atoms with van der Waals surface area (Å²) < 4.78 is 0. The predicted octanol–water partition coefficient (Wildman–Crippen LogP) is 4.81. The molecule has 4 fully saturated rings. The van der Waals surface area contributed by atoms with Gasteiger partial charge >= 0.3 is 6.03 Å². The van der Waals surface area contributed by atoms with Crippen molar-refractivity contribution in [2.45, 2.75) is 62.6 Å². The molecule has 0 radical (unpaired) electrons. The predicted molar refractivity (Wildman–Crippen MR) is 135 cm³/mol. The zero-order chi connectivity index (χ0) is 25.4. The molecule has 9 heteroatoms. The Hall–Kier alpha value is -3.08. The summed E-state index contributed by atoms with van der Waals surface area (Å²) in [6.07, 6.45) is 4.06. The quantitative estimate of drug-likeness (QED) is 0.541. The molecule has 0 N–H and O–H groups in total. The maximum absolute atomic E-state index is 14.2. The Kier molecular flexibility index (Phi) is 5.33. The van der Waals surface area contributed by atoms with Crippen molar-refractivity contribution in [3.05, 3.63) is 63.1 Å². The maximum atomic E-state index is 14.2. The summed E-state index contributed by atoms with van der Waals surface area (Å²) in [7, 11) is 0. The van der Waals surface area contributed by atoms with Crippen molar-refractivity contribution in [1.29, 1.82) is 5.26 Å². The molecule has 0 spiro atoms. The van der Waals surface area contributed by atoms with Crippen LogP contribution < -0.4 is 4.90 Å². The van der Waals surface area contributed by atoms with Crippen LogP contribution in [-0.4, -0.2) is 52.3 Å². The highest BCUT2D eigenvalue weighted by Crippen LogP contribution is 2.48. The largest absolute Gasteiger partial charge is 0.334 e. The van der Waals surface area contributed by atoms with Crippen molar-refractivity contribution in [2.24, 2.45) is 0 Å². The van der Waals surface area contributed by atoms with Gasteiger partial charge in [-0.05, 0) is 61.6 Å². The Bertz CT molecular complexity index is 1350. The number of halogens is 2. The summed E-state index contributed by atoms with van der Waals surface area (Å²) in [4.78, 5) is 46.0. The van der Waals surface area contributed by atoms with E-state index in [-0.39, 0.29) is 35.0 Å². The molecule has 2 aromatic rings. The number of fused-ring (bicyclic) bond motifs is 5. The van der Waals surface area contributed by atoms with E-state index in [0.29, 0.717) is 34.8 Å². The van der Waals surface area contributed by atoms with Gasteiger partial charge in [-0.25, -0.2) is 9.69 Å². The minimum absolute atomic E-state index is 0.0470. The van der Waals surface area contributed by atoms with Crippen LogP contribution in [0.3, 0.4) is 0 Å². The van der Waals surface area contributed by atoms with Crippen LogP contribution >= 0.6 is 23.2 Å². The van der Waals surface area contributed by atoms with Crippen molar-refractivity contribution in [1.82, 2.24) is 9.80 Å². The Labute approximate surface area is 219 Å². The molecule has 4 aliphatic rings. The van der Waals surface area contributed by atoms with Crippen molar-refractivity contribution >= 4 is 46.7 Å². The van der Waals surface area contributed by atoms with Gasteiger partial charge in [0.15, 0.2) is 0 Å². The lowest BCUT2D eigenvalue weighted by Gasteiger charge is -2.40. The molecule has 1 saturated carbocycles. The number of urea groups is 1. The van der Waals surface area contributed by atoms with Gasteiger partial charge in [0.1, 0.15) is 12.1 Å².